The van der Waals surface area contributed by atoms with Crippen molar-refractivity contribution in [2.24, 2.45) is 0 Å². The predicted molar refractivity (Wildman–Crippen MR) is 54.5 cm³/mol. The average molecular weight is 184 g/mol. The topological polar surface area (TPSA) is 25.8 Å². The van der Waals surface area contributed by atoms with Gasteiger partial charge in [0.05, 0.1) is 5.69 Å². The number of aryl methyl sites for hydroxylation is 1. The average Bonchev–Trinajstić information content (AvgIpc) is 2.20. The van der Waals surface area contributed by atoms with Gasteiger partial charge in [-0.05, 0) is 12.7 Å². The van der Waals surface area contributed by atoms with Gasteiger partial charge in [0.1, 0.15) is 5.03 Å². The Hall–Kier alpha value is -0.570. The van der Waals surface area contributed by atoms with Gasteiger partial charge in [-0.3, -0.25) is 4.98 Å². The molecule has 3 heteroatoms. The minimum absolute atomic E-state index is 0.962. The number of hydrogen-bond donors (Lipinski definition) is 0. The summed E-state index contributed by atoms with van der Waals surface area (Å²) >= 11 is 1.65. The molecule has 0 N–H and O–H groups in total. The summed E-state index contributed by atoms with van der Waals surface area (Å²) in [7, 11) is 0. The zero-order valence-corrected chi connectivity index (χ0v) is 8.98. The third-order valence-electron chi connectivity index (χ3n) is 1.26. The van der Waals surface area contributed by atoms with Crippen molar-refractivity contribution in [3.8, 4) is 0 Å². The maximum absolute atomic E-state index is 4.18. The molecule has 0 aromatic carbocycles. The Morgan fingerprint density at radius 1 is 1.25 bits per heavy atom. The summed E-state index contributed by atoms with van der Waals surface area (Å²) < 4.78 is 0. The first-order valence-electron chi connectivity index (χ1n) is 4.22. The van der Waals surface area contributed by atoms with Gasteiger partial charge in [-0.2, -0.15) is 0 Å². The van der Waals surface area contributed by atoms with Gasteiger partial charge in [0.2, 0.25) is 0 Å². The van der Waals surface area contributed by atoms with Gasteiger partial charge in [-0.1, -0.05) is 20.8 Å². The molecule has 68 valence electrons. The summed E-state index contributed by atoms with van der Waals surface area (Å²) in [6, 6.07) is 0. The van der Waals surface area contributed by atoms with Gasteiger partial charge in [0.25, 0.3) is 0 Å². The first kappa shape index (κ1) is 11.4. The molecule has 0 amide bonds. The van der Waals surface area contributed by atoms with Gasteiger partial charge >= 0.3 is 0 Å². The Labute approximate surface area is 78.8 Å². The predicted octanol–water partition coefficient (Wildman–Crippen LogP) is 2.79. The molecule has 0 aliphatic rings. The van der Waals surface area contributed by atoms with Crippen LogP contribution in [0.3, 0.4) is 0 Å². The molecule has 0 bridgehead atoms. The monoisotopic (exact) mass is 184 g/mol. The lowest BCUT2D eigenvalue weighted by molar-refractivity contribution is 0.911. The van der Waals surface area contributed by atoms with Crippen LogP contribution in [0, 0.1) is 0 Å². The van der Waals surface area contributed by atoms with Crippen LogP contribution in [0.5, 0.6) is 0 Å². The highest BCUT2D eigenvalue weighted by Gasteiger charge is 1.98. The fourth-order valence-corrected chi connectivity index (χ4v) is 1.37. The molecule has 12 heavy (non-hydrogen) atoms. The van der Waals surface area contributed by atoms with Crippen molar-refractivity contribution in [2.75, 3.05) is 6.26 Å². The van der Waals surface area contributed by atoms with E-state index in [1.807, 2.05) is 20.1 Å². The molecule has 0 fully saturated rings. The van der Waals surface area contributed by atoms with Crippen LogP contribution in [0.4, 0.5) is 0 Å². The first-order valence-corrected chi connectivity index (χ1v) is 5.44. The van der Waals surface area contributed by atoms with E-state index in [-0.39, 0.29) is 0 Å². The highest BCUT2D eigenvalue weighted by atomic mass is 32.2. The number of nitrogens with zero attached hydrogens (tertiary/aromatic N) is 2. The Morgan fingerprint density at radius 2 is 1.83 bits per heavy atom. The quantitative estimate of drug-likeness (QED) is 0.661. The second kappa shape index (κ2) is 7.10. The van der Waals surface area contributed by atoms with Crippen LogP contribution in [0.25, 0.3) is 0 Å². The molecule has 0 spiro atoms. The normalized spacial score (nSPS) is 8.67. The Balaban J connectivity index is 0.000000561. The SMILES string of the molecule is CC.CCc1nccnc1SC. The molecule has 1 rings (SSSR count). The van der Waals surface area contributed by atoms with E-state index in [1.54, 1.807) is 24.2 Å². The minimum atomic E-state index is 0.962. The molecule has 0 saturated carbocycles. The van der Waals surface area contributed by atoms with Crippen molar-refractivity contribution in [3.05, 3.63) is 18.1 Å². The molecular formula is C9H16N2S. The summed E-state index contributed by atoms with van der Waals surface area (Å²) in [6.07, 6.45) is 6.44. The Bertz CT molecular complexity index is 190. The van der Waals surface area contributed by atoms with Crippen LogP contribution in [0.15, 0.2) is 17.4 Å². The molecule has 1 aromatic heterocycles. The van der Waals surface area contributed by atoms with Gasteiger partial charge in [0.15, 0.2) is 0 Å². The summed E-state index contributed by atoms with van der Waals surface area (Å²) in [6.45, 7) is 6.09. The fourth-order valence-electron chi connectivity index (χ4n) is 0.767. The summed E-state index contributed by atoms with van der Waals surface area (Å²) in [5.41, 5.74) is 1.09. The van der Waals surface area contributed by atoms with Crippen molar-refractivity contribution in [1.82, 2.24) is 9.97 Å². The summed E-state index contributed by atoms with van der Waals surface area (Å²) in [5, 5.41) is 1.05. The molecule has 0 saturated heterocycles. The van der Waals surface area contributed by atoms with Crippen LogP contribution in [-0.4, -0.2) is 16.2 Å². The van der Waals surface area contributed by atoms with Crippen molar-refractivity contribution >= 4 is 11.8 Å². The van der Waals surface area contributed by atoms with Crippen LogP contribution >= 0.6 is 11.8 Å². The number of rotatable bonds is 2. The lowest BCUT2D eigenvalue weighted by Crippen LogP contribution is -1.91. The molecule has 0 unspecified atom stereocenters. The molecule has 1 aromatic rings. The van der Waals surface area contributed by atoms with E-state index in [0.717, 1.165) is 17.1 Å². The molecular weight excluding hydrogens is 168 g/mol. The van der Waals surface area contributed by atoms with Crippen LogP contribution in [0.2, 0.25) is 0 Å². The van der Waals surface area contributed by atoms with Crippen molar-refractivity contribution < 1.29 is 0 Å². The van der Waals surface area contributed by atoms with E-state index in [1.165, 1.54) is 0 Å². The van der Waals surface area contributed by atoms with E-state index in [0.29, 0.717) is 0 Å². The van der Waals surface area contributed by atoms with Crippen molar-refractivity contribution in [1.29, 1.82) is 0 Å². The Morgan fingerprint density at radius 3 is 2.25 bits per heavy atom. The largest absolute Gasteiger partial charge is 0.257 e. The van der Waals surface area contributed by atoms with Crippen LogP contribution < -0.4 is 0 Å². The molecule has 1 heterocycles. The van der Waals surface area contributed by atoms with E-state index >= 15 is 0 Å². The number of hydrogen-bond acceptors (Lipinski definition) is 3. The summed E-state index contributed by atoms with van der Waals surface area (Å²) in [4.78, 5) is 8.35. The third kappa shape index (κ3) is 3.22. The molecule has 2 nitrogen and oxygen atoms in total. The van der Waals surface area contributed by atoms with Gasteiger partial charge in [0, 0.05) is 12.4 Å². The van der Waals surface area contributed by atoms with E-state index < -0.39 is 0 Å². The highest BCUT2D eigenvalue weighted by Crippen LogP contribution is 2.14. The van der Waals surface area contributed by atoms with Gasteiger partial charge in [-0.25, -0.2) is 4.98 Å². The molecule has 0 atom stereocenters. The molecule has 0 aliphatic carbocycles. The van der Waals surface area contributed by atoms with Gasteiger partial charge < -0.3 is 0 Å². The standard InChI is InChI=1S/C7H10N2S.C2H6/c1-3-6-7(10-2)9-5-4-8-6;1-2/h4-5H,3H2,1-2H3;1-2H3. The minimum Gasteiger partial charge on any atom is -0.257 e. The molecule has 0 aliphatic heterocycles. The maximum Gasteiger partial charge on any atom is 0.117 e. The van der Waals surface area contributed by atoms with E-state index in [2.05, 4.69) is 16.9 Å². The highest BCUT2D eigenvalue weighted by molar-refractivity contribution is 7.98. The van der Waals surface area contributed by atoms with Crippen LogP contribution in [0.1, 0.15) is 26.5 Å². The third-order valence-corrected chi connectivity index (χ3v) is 1.99. The van der Waals surface area contributed by atoms with E-state index in [9.17, 15) is 0 Å². The van der Waals surface area contributed by atoms with Crippen molar-refractivity contribution in [2.45, 2.75) is 32.2 Å². The second-order valence-corrected chi connectivity index (χ2v) is 2.66. The van der Waals surface area contributed by atoms with Crippen LogP contribution in [-0.2, 0) is 6.42 Å². The first-order chi connectivity index (χ1) is 5.88. The number of thioether (sulfide) groups is 1. The molecule has 0 radical (unpaired) electrons. The fraction of sp³-hybridized carbons (Fsp3) is 0.556. The maximum atomic E-state index is 4.18. The van der Waals surface area contributed by atoms with E-state index in [4.69, 9.17) is 0 Å². The number of aromatic nitrogens is 2. The smallest absolute Gasteiger partial charge is 0.117 e. The zero-order valence-electron chi connectivity index (χ0n) is 8.16. The lowest BCUT2D eigenvalue weighted by atomic mass is 10.4. The zero-order chi connectivity index (χ0) is 9.40. The second-order valence-electron chi connectivity index (χ2n) is 1.87. The lowest BCUT2D eigenvalue weighted by Gasteiger charge is -1.99. The summed E-state index contributed by atoms with van der Waals surface area (Å²) in [5.74, 6) is 0. The van der Waals surface area contributed by atoms with Crippen molar-refractivity contribution in [3.63, 3.8) is 0 Å². The Kier molecular flexibility index (Phi) is 6.76. The van der Waals surface area contributed by atoms with Gasteiger partial charge in [-0.15, -0.1) is 11.8 Å².